The molecule has 1 fully saturated rings. The number of nitrogens with zero attached hydrogens (tertiary/aromatic N) is 4. The first kappa shape index (κ1) is 23.4. The predicted molar refractivity (Wildman–Crippen MR) is 119 cm³/mol. The second-order valence-corrected chi connectivity index (χ2v) is 8.04. The Hall–Kier alpha value is -4.74. The summed E-state index contributed by atoms with van der Waals surface area (Å²) in [5.41, 5.74) is -0.782. The van der Waals surface area contributed by atoms with Gasteiger partial charge in [0.15, 0.2) is 5.78 Å². The normalized spacial score (nSPS) is 18.8. The maximum Gasteiger partial charge on any atom is 0.273 e. The molecule has 1 aliphatic heterocycles. The highest BCUT2D eigenvalue weighted by molar-refractivity contribution is 6.09. The van der Waals surface area contributed by atoms with Gasteiger partial charge in [-0.05, 0) is 25.0 Å². The molecule has 3 amide bonds. The van der Waals surface area contributed by atoms with Crippen LogP contribution >= 0.6 is 0 Å². The first-order chi connectivity index (χ1) is 16.7. The lowest BCUT2D eigenvalue weighted by atomic mass is 9.85. The average Bonchev–Trinajstić information content (AvgIpc) is 3.12. The van der Waals surface area contributed by atoms with Crippen LogP contribution < -0.4 is 0 Å². The van der Waals surface area contributed by atoms with Crippen LogP contribution in [0.15, 0.2) is 60.7 Å². The number of hydrogen-bond acceptors (Lipinski definition) is 8. The van der Waals surface area contributed by atoms with E-state index in [9.17, 15) is 39.4 Å². The summed E-state index contributed by atoms with van der Waals surface area (Å²) in [4.78, 5) is 73.4. The van der Waals surface area contributed by atoms with Crippen molar-refractivity contribution in [3.05, 3.63) is 92.0 Å². The number of amides is 3. The largest absolute Gasteiger partial charge is 0.292 e. The molecule has 12 heteroatoms. The van der Waals surface area contributed by atoms with Crippen LogP contribution in [0.5, 0.6) is 0 Å². The zero-order chi connectivity index (χ0) is 25.3. The number of carbonyl (C=O) groups is 4. The van der Waals surface area contributed by atoms with Gasteiger partial charge in [0.05, 0.1) is 21.7 Å². The standard InChI is InChI=1S/C23H18N4O8/c28-20(15-4-3-5-17(12-15)27(34)35)13-24(21(29)14-8-10-16(11-9-14)26(32)33)25-22(30)18-6-1-2-7-19(18)23(25)31/h1-5,8-12,18-19H,6-7,13H2/t18-,19-/m1/s1. The van der Waals surface area contributed by atoms with Crippen molar-refractivity contribution in [2.24, 2.45) is 11.8 Å². The number of non-ortho nitro benzene ring substituents is 2. The summed E-state index contributed by atoms with van der Waals surface area (Å²) in [7, 11) is 0. The van der Waals surface area contributed by atoms with Crippen LogP contribution in [0.1, 0.15) is 33.6 Å². The number of hydrogen-bond donors (Lipinski definition) is 0. The zero-order valence-corrected chi connectivity index (χ0v) is 18.1. The number of Topliss-reactive ketones (excluding diaryl/α,β-unsaturated/α-hetero) is 1. The molecule has 2 atom stereocenters. The van der Waals surface area contributed by atoms with E-state index in [2.05, 4.69) is 0 Å². The van der Waals surface area contributed by atoms with E-state index in [1.165, 1.54) is 18.2 Å². The van der Waals surface area contributed by atoms with Gasteiger partial charge in [-0.2, -0.15) is 5.01 Å². The van der Waals surface area contributed by atoms with E-state index in [0.717, 1.165) is 30.3 Å². The van der Waals surface area contributed by atoms with Crippen LogP contribution in [0, 0.1) is 32.1 Å². The number of fused-ring (bicyclic) bond motifs is 1. The van der Waals surface area contributed by atoms with Gasteiger partial charge in [0, 0.05) is 35.4 Å². The Morgan fingerprint density at radius 2 is 1.43 bits per heavy atom. The van der Waals surface area contributed by atoms with Gasteiger partial charge in [-0.25, -0.2) is 5.01 Å². The number of carbonyl (C=O) groups excluding carboxylic acids is 4. The molecule has 0 N–H and O–H groups in total. The Morgan fingerprint density at radius 3 is 1.97 bits per heavy atom. The Balaban J connectivity index is 1.70. The molecule has 0 bridgehead atoms. The van der Waals surface area contributed by atoms with Crippen molar-refractivity contribution in [3.63, 3.8) is 0 Å². The summed E-state index contributed by atoms with van der Waals surface area (Å²) in [5.74, 6) is -4.25. The third kappa shape index (κ3) is 4.40. The van der Waals surface area contributed by atoms with E-state index >= 15 is 0 Å². The van der Waals surface area contributed by atoms with Crippen molar-refractivity contribution >= 4 is 34.9 Å². The molecule has 2 aromatic carbocycles. The Morgan fingerprint density at radius 1 is 0.857 bits per heavy atom. The molecule has 178 valence electrons. The lowest BCUT2D eigenvalue weighted by Crippen LogP contribution is -2.52. The van der Waals surface area contributed by atoms with Gasteiger partial charge >= 0.3 is 0 Å². The number of allylic oxidation sites excluding steroid dienone is 2. The van der Waals surface area contributed by atoms with Crippen molar-refractivity contribution in [2.45, 2.75) is 12.8 Å². The number of ketones is 1. The number of nitro benzene ring substituents is 2. The van der Waals surface area contributed by atoms with Gasteiger partial charge in [-0.3, -0.25) is 39.4 Å². The van der Waals surface area contributed by atoms with E-state index in [1.54, 1.807) is 12.2 Å². The Labute approximate surface area is 197 Å². The molecule has 0 saturated carbocycles. The first-order valence-electron chi connectivity index (χ1n) is 10.6. The van der Waals surface area contributed by atoms with Crippen LogP contribution in [0.25, 0.3) is 0 Å². The average molecular weight is 478 g/mol. The topological polar surface area (TPSA) is 161 Å². The number of nitro groups is 2. The second kappa shape index (κ2) is 9.25. The molecule has 1 heterocycles. The maximum absolute atomic E-state index is 13.4. The van der Waals surface area contributed by atoms with Gasteiger partial charge in [0.1, 0.15) is 6.54 Å². The third-order valence-electron chi connectivity index (χ3n) is 5.96. The Kier molecular flexibility index (Phi) is 6.19. The van der Waals surface area contributed by atoms with Crippen LogP contribution in [0.3, 0.4) is 0 Å². The highest BCUT2D eigenvalue weighted by Gasteiger charge is 2.51. The molecule has 4 rings (SSSR count). The van der Waals surface area contributed by atoms with Crippen LogP contribution in [-0.4, -0.2) is 49.9 Å². The number of benzene rings is 2. The quantitative estimate of drug-likeness (QED) is 0.193. The van der Waals surface area contributed by atoms with Crippen molar-refractivity contribution in [1.29, 1.82) is 0 Å². The lowest BCUT2D eigenvalue weighted by molar-refractivity contribution is -0.385. The smallest absolute Gasteiger partial charge is 0.273 e. The summed E-state index contributed by atoms with van der Waals surface area (Å²) in [5, 5.41) is 23.4. The van der Waals surface area contributed by atoms with Crippen molar-refractivity contribution in [1.82, 2.24) is 10.0 Å². The first-order valence-corrected chi connectivity index (χ1v) is 10.6. The number of rotatable bonds is 7. The predicted octanol–water partition coefficient (Wildman–Crippen LogP) is 2.69. The Bertz CT molecular complexity index is 1260. The van der Waals surface area contributed by atoms with Gasteiger partial charge < -0.3 is 0 Å². The molecule has 35 heavy (non-hydrogen) atoms. The fourth-order valence-electron chi connectivity index (χ4n) is 4.15. The van der Waals surface area contributed by atoms with Crippen molar-refractivity contribution in [3.8, 4) is 0 Å². The van der Waals surface area contributed by atoms with E-state index in [1.807, 2.05) is 0 Å². The molecule has 0 unspecified atom stereocenters. The molecular formula is C23H18N4O8. The van der Waals surface area contributed by atoms with E-state index in [4.69, 9.17) is 0 Å². The summed E-state index contributed by atoms with van der Waals surface area (Å²) >= 11 is 0. The molecule has 1 saturated heterocycles. The van der Waals surface area contributed by atoms with Gasteiger partial charge in [-0.15, -0.1) is 0 Å². The highest BCUT2D eigenvalue weighted by Crippen LogP contribution is 2.36. The fourth-order valence-corrected chi connectivity index (χ4v) is 4.15. The van der Waals surface area contributed by atoms with E-state index in [-0.39, 0.29) is 22.5 Å². The molecule has 2 aliphatic rings. The van der Waals surface area contributed by atoms with E-state index < -0.39 is 51.7 Å². The molecule has 0 spiro atoms. The van der Waals surface area contributed by atoms with Crippen LogP contribution in [-0.2, 0) is 9.59 Å². The molecule has 0 aromatic heterocycles. The summed E-state index contributed by atoms with van der Waals surface area (Å²) in [6, 6.07) is 9.35. The zero-order valence-electron chi connectivity index (χ0n) is 18.1. The minimum Gasteiger partial charge on any atom is -0.292 e. The van der Waals surface area contributed by atoms with Gasteiger partial charge in [0.2, 0.25) is 0 Å². The van der Waals surface area contributed by atoms with E-state index in [0.29, 0.717) is 22.9 Å². The SMILES string of the molecule is O=C(CN(C(=O)c1ccc([N+](=O)[O-])cc1)N1C(=O)[C@@H]2CC=CC[C@H]2C1=O)c1cccc([N+](=O)[O-])c1. The van der Waals surface area contributed by atoms with Gasteiger partial charge in [0.25, 0.3) is 29.1 Å². The minimum atomic E-state index is -0.896. The highest BCUT2D eigenvalue weighted by atomic mass is 16.6. The van der Waals surface area contributed by atoms with Gasteiger partial charge in [-0.1, -0.05) is 24.3 Å². The summed E-state index contributed by atoms with van der Waals surface area (Å²) < 4.78 is 0. The second-order valence-electron chi connectivity index (χ2n) is 8.04. The molecule has 12 nitrogen and oxygen atoms in total. The maximum atomic E-state index is 13.4. The summed E-state index contributed by atoms with van der Waals surface area (Å²) in [6.07, 6.45) is 4.16. The lowest BCUT2D eigenvalue weighted by Gasteiger charge is -2.30. The molecule has 2 aromatic rings. The van der Waals surface area contributed by atoms with Crippen LogP contribution in [0.2, 0.25) is 0 Å². The van der Waals surface area contributed by atoms with Crippen molar-refractivity contribution in [2.75, 3.05) is 6.54 Å². The van der Waals surface area contributed by atoms with Crippen LogP contribution in [0.4, 0.5) is 11.4 Å². The minimum absolute atomic E-state index is 0.0844. The third-order valence-corrected chi connectivity index (χ3v) is 5.96. The number of imide groups is 1. The monoisotopic (exact) mass is 478 g/mol. The summed E-state index contributed by atoms with van der Waals surface area (Å²) in [6.45, 7) is -0.749. The molecule has 1 aliphatic carbocycles. The molecule has 0 radical (unpaired) electrons. The number of hydrazine groups is 1. The fraction of sp³-hybridized carbons (Fsp3) is 0.217. The molecular weight excluding hydrogens is 460 g/mol. The van der Waals surface area contributed by atoms with Crippen molar-refractivity contribution < 1.29 is 29.0 Å².